The monoisotopic (exact) mass is 246 g/mol. The predicted molar refractivity (Wildman–Crippen MR) is 69.1 cm³/mol. The van der Waals surface area contributed by atoms with Crippen LogP contribution in [0.3, 0.4) is 0 Å². The van der Waals surface area contributed by atoms with E-state index in [4.69, 9.17) is 10.5 Å². The van der Waals surface area contributed by atoms with Crippen molar-refractivity contribution in [2.75, 3.05) is 25.6 Å². The molecule has 4 nitrogen and oxygen atoms in total. The van der Waals surface area contributed by atoms with Gasteiger partial charge in [-0.3, -0.25) is 4.79 Å². The van der Waals surface area contributed by atoms with E-state index >= 15 is 0 Å². The predicted octanol–water partition coefficient (Wildman–Crippen LogP) is 1.65. The van der Waals surface area contributed by atoms with Crippen LogP contribution in [0.4, 0.5) is 5.69 Å². The van der Waals surface area contributed by atoms with Crippen molar-refractivity contribution < 1.29 is 9.53 Å². The molecule has 1 aliphatic carbocycles. The SMILES string of the molecule is Nc1ccc2c(c1)C(=O)N(COCC1CC1)CC2. The molecule has 0 radical (unpaired) electrons. The van der Waals surface area contributed by atoms with Gasteiger partial charge in [-0.05, 0) is 42.9 Å². The maximum atomic E-state index is 12.3. The van der Waals surface area contributed by atoms with E-state index in [1.165, 1.54) is 12.8 Å². The number of hydrogen-bond acceptors (Lipinski definition) is 3. The van der Waals surface area contributed by atoms with Crippen molar-refractivity contribution >= 4 is 11.6 Å². The molecule has 0 unspecified atom stereocenters. The third-order valence-corrected chi connectivity index (χ3v) is 3.60. The van der Waals surface area contributed by atoms with Gasteiger partial charge in [0.25, 0.3) is 5.91 Å². The topological polar surface area (TPSA) is 55.6 Å². The van der Waals surface area contributed by atoms with Crippen LogP contribution in [-0.2, 0) is 11.2 Å². The molecule has 0 bridgehead atoms. The molecular formula is C14H18N2O2. The minimum absolute atomic E-state index is 0.0411. The number of fused-ring (bicyclic) bond motifs is 1. The molecule has 0 spiro atoms. The summed E-state index contributed by atoms with van der Waals surface area (Å²) in [6.45, 7) is 1.93. The van der Waals surface area contributed by atoms with E-state index < -0.39 is 0 Å². The average Bonchev–Trinajstić information content (AvgIpc) is 3.17. The van der Waals surface area contributed by atoms with Gasteiger partial charge in [0.2, 0.25) is 0 Å². The Morgan fingerprint density at radius 3 is 3.00 bits per heavy atom. The van der Waals surface area contributed by atoms with Crippen LogP contribution >= 0.6 is 0 Å². The lowest BCUT2D eigenvalue weighted by atomic mass is 9.99. The number of ether oxygens (including phenoxy) is 1. The number of carbonyl (C=O) groups excluding carboxylic acids is 1. The van der Waals surface area contributed by atoms with Crippen molar-refractivity contribution in [2.45, 2.75) is 19.3 Å². The first kappa shape index (κ1) is 11.5. The summed E-state index contributed by atoms with van der Waals surface area (Å²) in [5.74, 6) is 0.771. The molecule has 1 amide bonds. The zero-order chi connectivity index (χ0) is 12.5. The molecule has 2 aliphatic rings. The van der Waals surface area contributed by atoms with Gasteiger partial charge >= 0.3 is 0 Å². The van der Waals surface area contributed by atoms with Crippen LogP contribution in [0.5, 0.6) is 0 Å². The van der Waals surface area contributed by atoms with Crippen LogP contribution in [0.1, 0.15) is 28.8 Å². The van der Waals surface area contributed by atoms with Crippen molar-refractivity contribution in [3.05, 3.63) is 29.3 Å². The smallest absolute Gasteiger partial charge is 0.256 e. The Hall–Kier alpha value is -1.55. The standard InChI is InChI=1S/C14H18N2O2/c15-12-4-3-11-5-6-16(14(17)13(11)7-12)9-18-8-10-1-2-10/h3-4,7,10H,1-2,5-6,8-9,15H2. The molecule has 18 heavy (non-hydrogen) atoms. The van der Waals surface area contributed by atoms with E-state index in [0.29, 0.717) is 12.4 Å². The number of amides is 1. The van der Waals surface area contributed by atoms with Crippen LogP contribution in [0.25, 0.3) is 0 Å². The molecule has 1 heterocycles. The van der Waals surface area contributed by atoms with Crippen LogP contribution in [0.15, 0.2) is 18.2 Å². The average molecular weight is 246 g/mol. The first-order valence-corrected chi connectivity index (χ1v) is 6.49. The Morgan fingerprint density at radius 2 is 2.22 bits per heavy atom. The lowest BCUT2D eigenvalue weighted by Gasteiger charge is -2.28. The molecule has 1 aromatic rings. The second-order valence-corrected chi connectivity index (χ2v) is 5.18. The molecule has 1 saturated carbocycles. The van der Waals surface area contributed by atoms with Gasteiger partial charge in [-0.25, -0.2) is 0 Å². The first-order chi connectivity index (χ1) is 8.74. The van der Waals surface area contributed by atoms with Crippen molar-refractivity contribution in [2.24, 2.45) is 5.92 Å². The molecule has 1 aliphatic heterocycles. The number of rotatable bonds is 4. The van der Waals surface area contributed by atoms with E-state index in [1.807, 2.05) is 12.1 Å². The zero-order valence-electron chi connectivity index (χ0n) is 10.4. The van der Waals surface area contributed by atoms with Gasteiger partial charge in [0, 0.05) is 17.8 Å². The van der Waals surface area contributed by atoms with E-state index in [2.05, 4.69) is 0 Å². The molecule has 96 valence electrons. The van der Waals surface area contributed by atoms with E-state index in [-0.39, 0.29) is 5.91 Å². The lowest BCUT2D eigenvalue weighted by Crippen LogP contribution is -2.39. The second kappa shape index (κ2) is 4.61. The molecule has 0 saturated heterocycles. The Bertz CT molecular complexity index is 469. The summed E-state index contributed by atoms with van der Waals surface area (Å²) >= 11 is 0. The summed E-state index contributed by atoms with van der Waals surface area (Å²) in [4.78, 5) is 14.0. The van der Waals surface area contributed by atoms with Gasteiger partial charge in [-0.1, -0.05) is 6.07 Å². The van der Waals surface area contributed by atoms with Crippen molar-refractivity contribution in [1.82, 2.24) is 4.90 Å². The molecule has 1 fully saturated rings. The van der Waals surface area contributed by atoms with Gasteiger partial charge in [-0.15, -0.1) is 0 Å². The molecule has 0 aromatic heterocycles. The minimum atomic E-state index is 0.0411. The highest BCUT2D eigenvalue weighted by molar-refractivity contribution is 5.97. The summed E-state index contributed by atoms with van der Waals surface area (Å²) in [7, 11) is 0. The van der Waals surface area contributed by atoms with Crippen LogP contribution in [0, 0.1) is 5.92 Å². The van der Waals surface area contributed by atoms with Crippen molar-refractivity contribution in [3.8, 4) is 0 Å². The fourth-order valence-electron chi connectivity index (χ4n) is 2.28. The molecule has 4 heteroatoms. The van der Waals surface area contributed by atoms with Crippen LogP contribution in [0.2, 0.25) is 0 Å². The fraction of sp³-hybridized carbons (Fsp3) is 0.500. The zero-order valence-corrected chi connectivity index (χ0v) is 10.4. The van der Waals surface area contributed by atoms with Gasteiger partial charge in [0.1, 0.15) is 6.73 Å². The van der Waals surface area contributed by atoms with Gasteiger partial charge in [0.15, 0.2) is 0 Å². The van der Waals surface area contributed by atoms with Gasteiger partial charge < -0.3 is 15.4 Å². The molecule has 3 rings (SSSR count). The van der Waals surface area contributed by atoms with Crippen molar-refractivity contribution in [3.63, 3.8) is 0 Å². The quantitative estimate of drug-likeness (QED) is 0.822. The van der Waals surface area contributed by atoms with E-state index in [0.717, 1.165) is 36.6 Å². The summed E-state index contributed by atoms with van der Waals surface area (Å²) in [6, 6.07) is 5.57. The molecule has 1 aromatic carbocycles. The number of anilines is 1. The highest BCUT2D eigenvalue weighted by Crippen LogP contribution is 2.29. The molecule has 0 atom stereocenters. The van der Waals surface area contributed by atoms with Crippen LogP contribution in [-0.4, -0.2) is 30.7 Å². The normalized spacial score (nSPS) is 18.9. The summed E-state index contributed by atoms with van der Waals surface area (Å²) in [6.07, 6.45) is 3.43. The van der Waals surface area contributed by atoms with Crippen molar-refractivity contribution in [1.29, 1.82) is 0 Å². The number of carbonyl (C=O) groups is 1. The van der Waals surface area contributed by atoms with Gasteiger partial charge in [-0.2, -0.15) is 0 Å². The first-order valence-electron chi connectivity index (χ1n) is 6.49. The third kappa shape index (κ3) is 2.34. The maximum Gasteiger partial charge on any atom is 0.256 e. The Balaban J connectivity index is 1.66. The third-order valence-electron chi connectivity index (χ3n) is 3.60. The van der Waals surface area contributed by atoms with E-state index in [1.54, 1.807) is 11.0 Å². The largest absolute Gasteiger partial charge is 0.399 e. The summed E-state index contributed by atoms with van der Waals surface area (Å²) < 4.78 is 5.59. The number of nitrogens with two attached hydrogens (primary N) is 1. The minimum Gasteiger partial charge on any atom is -0.399 e. The fourth-order valence-corrected chi connectivity index (χ4v) is 2.28. The van der Waals surface area contributed by atoms with E-state index in [9.17, 15) is 4.79 Å². The highest BCUT2D eigenvalue weighted by Gasteiger charge is 2.26. The summed E-state index contributed by atoms with van der Waals surface area (Å²) in [5.41, 5.74) is 8.20. The number of nitrogens with zero attached hydrogens (tertiary/aromatic N) is 1. The number of hydrogen-bond donors (Lipinski definition) is 1. The Morgan fingerprint density at radius 1 is 1.39 bits per heavy atom. The number of benzene rings is 1. The maximum absolute atomic E-state index is 12.3. The molecular weight excluding hydrogens is 228 g/mol. The Kier molecular flexibility index (Phi) is 2.96. The Labute approximate surface area is 107 Å². The van der Waals surface area contributed by atoms with Gasteiger partial charge in [0.05, 0.1) is 6.61 Å². The number of nitrogen functional groups attached to an aromatic ring is 1. The second-order valence-electron chi connectivity index (χ2n) is 5.18. The molecule has 2 N–H and O–H groups in total. The summed E-state index contributed by atoms with van der Waals surface area (Å²) in [5, 5.41) is 0. The van der Waals surface area contributed by atoms with Crippen LogP contribution < -0.4 is 5.73 Å². The highest BCUT2D eigenvalue weighted by atomic mass is 16.5. The lowest BCUT2D eigenvalue weighted by molar-refractivity contribution is 0.0189.